The number of ether oxygens (including phenoxy) is 5. The molecule has 1 fully saturated rings. The number of hydrogen-bond donors (Lipinski definition) is 2. The summed E-state index contributed by atoms with van der Waals surface area (Å²) in [5.74, 6) is -1.23. The lowest BCUT2D eigenvalue weighted by Gasteiger charge is -2.24. The number of pyridine rings is 1. The number of aromatic nitrogens is 2. The van der Waals surface area contributed by atoms with Crippen LogP contribution in [0.4, 0.5) is 10.2 Å². The number of nitrogens with zero attached hydrogens (tertiary/aromatic N) is 2. The number of halogens is 1. The Morgan fingerprint density at radius 1 is 1.09 bits per heavy atom. The Labute approximate surface area is 307 Å². The molecule has 2 aromatic heterocycles. The molecule has 0 spiro atoms. The van der Waals surface area contributed by atoms with Crippen molar-refractivity contribution >= 4 is 17.7 Å². The van der Waals surface area contributed by atoms with Gasteiger partial charge in [-0.1, -0.05) is 6.07 Å². The fourth-order valence-electron chi connectivity index (χ4n) is 6.03. The summed E-state index contributed by atoms with van der Waals surface area (Å²) >= 11 is 0. The van der Waals surface area contributed by atoms with E-state index in [1.807, 2.05) is 25.1 Å². The predicted octanol–water partition coefficient (Wildman–Crippen LogP) is 6.09. The van der Waals surface area contributed by atoms with E-state index in [9.17, 15) is 14.4 Å². The Balaban J connectivity index is 1.41. The molecule has 1 unspecified atom stereocenters. The fraction of sp³-hybridized carbons (Fsp3) is 0.436. The molecule has 0 saturated carbocycles. The summed E-state index contributed by atoms with van der Waals surface area (Å²) in [6.07, 6.45) is 2.63. The number of amides is 1. The van der Waals surface area contributed by atoms with Gasteiger partial charge >= 0.3 is 11.7 Å². The van der Waals surface area contributed by atoms with E-state index < -0.39 is 35.1 Å². The van der Waals surface area contributed by atoms with E-state index in [1.54, 1.807) is 47.1 Å². The normalized spacial score (nSPS) is 14.1. The number of primary amides is 1. The van der Waals surface area contributed by atoms with E-state index in [0.29, 0.717) is 54.9 Å². The summed E-state index contributed by atoms with van der Waals surface area (Å²) in [6, 6.07) is 10.7. The number of aryl methyl sites for hydroxylation is 1. The van der Waals surface area contributed by atoms with Gasteiger partial charge in [-0.2, -0.15) is 0 Å². The average Bonchev–Trinajstić information content (AvgIpc) is 3.49. The van der Waals surface area contributed by atoms with Crippen LogP contribution in [0.15, 0.2) is 57.9 Å². The zero-order chi connectivity index (χ0) is 38.3. The summed E-state index contributed by atoms with van der Waals surface area (Å²) in [4.78, 5) is 42.3. The minimum absolute atomic E-state index is 0.0110. The van der Waals surface area contributed by atoms with Crippen molar-refractivity contribution in [3.8, 4) is 34.1 Å². The first-order valence-electron chi connectivity index (χ1n) is 17.4. The molecule has 1 saturated heterocycles. The van der Waals surface area contributed by atoms with Gasteiger partial charge in [0.2, 0.25) is 5.91 Å². The number of hydrogen-bond acceptors (Lipinski definition) is 11. The molecule has 284 valence electrons. The van der Waals surface area contributed by atoms with E-state index in [-0.39, 0.29) is 30.3 Å². The van der Waals surface area contributed by atoms with E-state index in [2.05, 4.69) is 5.32 Å². The lowest BCUT2D eigenvalue weighted by molar-refractivity contribution is -0.155. The van der Waals surface area contributed by atoms with E-state index in [1.165, 1.54) is 18.3 Å². The number of anilines is 1. The molecule has 53 heavy (non-hydrogen) atoms. The molecule has 1 atom stereocenters. The second-order valence-electron chi connectivity index (χ2n) is 13.8. The molecule has 4 aromatic rings. The molecule has 0 aliphatic carbocycles. The van der Waals surface area contributed by atoms with Crippen LogP contribution in [-0.2, 0) is 37.0 Å². The second-order valence-corrected chi connectivity index (χ2v) is 13.8. The molecule has 1 aliphatic rings. The van der Waals surface area contributed by atoms with Crippen LogP contribution in [0.2, 0.25) is 0 Å². The van der Waals surface area contributed by atoms with E-state index in [0.717, 1.165) is 34.1 Å². The number of nitrogens with two attached hydrogens (primary N) is 1. The van der Waals surface area contributed by atoms with Gasteiger partial charge in [-0.3, -0.25) is 14.2 Å². The van der Waals surface area contributed by atoms with Crippen LogP contribution >= 0.6 is 0 Å². The van der Waals surface area contributed by atoms with Crippen molar-refractivity contribution in [3.63, 3.8) is 0 Å². The number of carbonyl (C=O) groups is 2. The number of methoxy groups -OCH3 is 2. The smallest absolute Gasteiger partial charge is 0.420 e. The number of rotatable bonds is 15. The zero-order valence-electron chi connectivity index (χ0n) is 31.0. The van der Waals surface area contributed by atoms with Crippen LogP contribution in [0.25, 0.3) is 22.6 Å². The number of nitrogens with one attached hydrogen (secondary N) is 1. The van der Waals surface area contributed by atoms with Crippen LogP contribution in [0, 0.1) is 12.7 Å². The van der Waals surface area contributed by atoms with Gasteiger partial charge in [0, 0.05) is 48.9 Å². The van der Waals surface area contributed by atoms with Crippen molar-refractivity contribution < 1.29 is 42.1 Å². The molecule has 13 nitrogen and oxygen atoms in total. The maximum Gasteiger partial charge on any atom is 0.420 e. The van der Waals surface area contributed by atoms with Crippen molar-refractivity contribution in [1.29, 1.82) is 0 Å². The number of carbonyl (C=O) groups excluding carboxylic acids is 2. The Morgan fingerprint density at radius 3 is 2.51 bits per heavy atom. The third kappa shape index (κ3) is 10.0. The summed E-state index contributed by atoms with van der Waals surface area (Å²) in [5.41, 5.74) is 8.46. The highest BCUT2D eigenvalue weighted by atomic mass is 19.1. The van der Waals surface area contributed by atoms with Gasteiger partial charge in [-0.25, -0.2) is 14.2 Å². The average molecular weight is 735 g/mol. The van der Waals surface area contributed by atoms with E-state index in [4.69, 9.17) is 38.8 Å². The Hall–Kier alpha value is -5.21. The molecule has 2 aromatic carbocycles. The third-order valence-electron chi connectivity index (χ3n) is 8.82. The lowest BCUT2D eigenvalue weighted by Crippen LogP contribution is -2.32. The van der Waals surface area contributed by atoms with Crippen LogP contribution in [0.5, 0.6) is 11.5 Å². The molecule has 0 bridgehead atoms. The summed E-state index contributed by atoms with van der Waals surface area (Å²) in [6.45, 7) is 9.11. The number of oxazole rings is 1. The number of esters is 1. The van der Waals surface area contributed by atoms with Gasteiger partial charge in [0.15, 0.2) is 5.76 Å². The third-order valence-corrected chi connectivity index (χ3v) is 8.82. The Bertz CT molecular complexity index is 1980. The maximum absolute atomic E-state index is 15.8. The summed E-state index contributed by atoms with van der Waals surface area (Å²) in [7, 11) is 3.18. The summed E-state index contributed by atoms with van der Waals surface area (Å²) < 4.78 is 50.2. The molecule has 3 N–H and O–H groups in total. The quantitative estimate of drug-likeness (QED) is 0.136. The monoisotopic (exact) mass is 734 g/mol. The first-order chi connectivity index (χ1) is 25.3. The van der Waals surface area contributed by atoms with E-state index >= 15 is 4.39 Å². The maximum atomic E-state index is 15.8. The Morgan fingerprint density at radius 2 is 1.85 bits per heavy atom. The minimum Gasteiger partial charge on any atom is -0.497 e. The molecule has 14 heteroatoms. The molecule has 0 radical (unpaired) electrons. The van der Waals surface area contributed by atoms with Crippen molar-refractivity contribution in [2.75, 3.05) is 32.8 Å². The van der Waals surface area contributed by atoms with Gasteiger partial charge in [0.05, 0.1) is 44.4 Å². The van der Waals surface area contributed by atoms with Crippen molar-refractivity contribution in [2.24, 2.45) is 5.73 Å². The SMILES string of the molecule is COc1ccc(CNc2nc(-c3ccc(-c4cn(C(CCC(=O)OC(C)(C)C)C(N)=O)c(=O)o4)c(F)c3)cc(C)c2COC2CCOCC2)c(OC)c1. The molecular formula is C39H47FN4O9. The Kier molecular flexibility index (Phi) is 12.6. The summed E-state index contributed by atoms with van der Waals surface area (Å²) in [5, 5.41) is 3.44. The van der Waals surface area contributed by atoms with Crippen LogP contribution in [-0.4, -0.2) is 60.6 Å². The highest BCUT2D eigenvalue weighted by molar-refractivity contribution is 5.79. The van der Waals surface area contributed by atoms with Gasteiger partial charge < -0.3 is 39.2 Å². The highest BCUT2D eigenvalue weighted by Crippen LogP contribution is 2.32. The number of benzene rings is 2. The first kappa shape index (κ1) is 39.0. The minimum atomic E-state index is -1.21. The van der Waals surface area contributed by atoms with Gasteiger partial charge in [0.25, 0.3) is 0 Å². The molecule has 1 aliphatic heterocycles. The van der Waals surface area contributed by atoms with Gasteiger partial charge in [-0.15, -0.1) is 0 Å². The lowest BCUT2D eigenvalue weighted by atomic mass is 10.0. The molecule has 5 rings (SSSR count). The first-order valence-corrected chi connectivity index (χ1v) is 17.4. The van der Waals surface area contributed by atoms with Crippen molar-refractivity contribution in [3.05, 3.63) is 81.7 Å². The van der Waals surface area contributed by atoms with Crippen molar-refractivity contribution in [2.45, 2.75) is 84.3 Å². The van der Waals surface area contributed by atoms with Gasteiger partial charge in [0.1, 0.15) is 34.8 Å². The standard InChI is InChI=1S/C39H47FN4O9/c1-23-17-31(43-37(29(23)22-51-26-13-15-50-16-14-26)42-20-25-7-9-27(48-5)19-33(25)49-6)24-8-10-28(30(40)18-24)34-21-44(38(47)52-34)32(36(41)46)11-12-35(45)53-39(2,3)4/h7-10,17-19,21,26,32H,11-16,20,22H2,1-6H3,(H2,41,46)(H,42,43). The largest absolute Gasteiger partial charge is 0.497 e. The fourth-order valence-corrected chi connectivity index (χ4v) is 6.03. The second kappa shape index (κ2) is 17.1. The van der Waals surface area contributed by atoms with Crippen LogP contribution in [0.1, 0.15) is 69.2 Å². The zero-order valence-corrected chi connectivity index (χ0v) is 31.0. The van der Waals surface area contributed by atoms with Crippen molar-refractivity contribution in [1.82, 2.24) is 9.55 Å². The predicted molar refractivity (Wildman–Crippen MR) is 195 cm³/mol. The highest BCUT2D eigenvalue weighted by Gasteiger charge is 2.26. The molecule has 3 heterocycles. The molecule has 1 amide bonds. The topological polar surface area (TPSA) is 166 Å². The van der Waals surface area contributed by atoms with Gasteiger partial charge in [-0.05, 0) is 82.9 Å². The van der Waals surface area contributed by atoms with Crippen LogP contribution in [0.3, 0.4) is 0 Å². The van der Waals surface area contributed by atoms with Crippen LogP contribution < -0.4 is 26.3 Å². The molecular weight excluding hydrogens is 687 g/mol.